The third kappa shape index (κ3) is 2.14. The van der Waals surface area contributed by atoms with Crippen molar-refractivity contribution in [2.45, 2.75) is 17.8 Å². The summed E-state index contributed by atoms with van der Waals surface area (Å²) in [7, 11) is -2.89. The molecule has 2 atom stereocenters. The average Bonchev–Trinajstić information content (AvgIpc) is 2.74. The van der Waals surface area contributed by atoms with Crippen molar-refractivity contribution < 1.29 is 13.0 Å². The number of thioether (sulfide) groups is 1. The zero-order valence-electron chi connectivity index (χ0n) is 9.82. The lowest BCUT2D eigenvalue weighted by molar-refractivity contribution is -0.569. The highest BCUT2D eigenvalue weighted by Crippen LogP contribution is 2.33. The van der Waals surface area contributed by atoms with Crippen LogP contribution in [-0.2, 0) is 16.4 Å². The minimum atomic E-state index is -2.89. The van der Waals surface area contributed by atoms with Crippen LogP contribution in [0.4, 0.5) is 0 Å². The van der Waals surface area contributed by atoms with E-state index in [-0.39, 0.29) is 22.8 Å². The molecule has 0 unspecified atom stereocenters. The first kappa shape index (κ1) is 12.0. The van der Waals surface area contributed by atoms with Crippen LogP contribution in [-0.4, -0.2) is 41.0 Å². The van der Waals surface area contributed by atoms with Crippen LogP contribution in [0.1, 0.15) is 5.56 Å². The van der Waals surface area contributed by atoms with E-state index in [0.29, 0.717) is 6.54 Å². The number of fused-ring (bicyclic) bond motifs is 1. The SMILES string of the molecule is NC1=[N+](Cc2ccccc2)[C@@H]2CS(=O)(=O)C[C@@H]2S1. The Labute approximate surface area is 111 Å². The molecular weight excluding hydrogens is 268 g/mol. The highest BCUT2D eigenvalue weighted by molar-refractivity contribution is 8.15. The third-order valence-electron chi connectivity index (χ3n) is 3.42. The normalized spacial score (nSPS) is 29.6. The van der Waals surface area contributed by atoms with Crippen LogP contribution in [0.25, 0.3) is 0 Å². The first-order chi connectivity index (χ1) is 8.55. The predicted octanol–water partition coefficient (Wildman–Crippen LogP) is 0.426. The average molecular weight is 283 g/mol. The van der Waals surface area contributed by atoms with Gasteiger partial charge in [0.25, 0.3) is 0 Å². The van der Waals surface area contributed by atoms with Crippen LogP contribution in [0.3, 0.4) is 0 Å². The van der Waals surface area contributed by atoms with Gasteiger partial charge in [0.2, 0.25) is 0 Å². The molecule has 2 heterocycles. The van der Waals surface area contributed by atoms with Gasteiger partial charge in [0.15, 0.2) is 9.84 Å². The van der Waals surface area contributed by atoms with Crippen molar-refractivity contribution in [2.75, 3.05) is 11.5 Å². The second kappa shape index (κ2) is 4.28. The largest absolute Gasteiger partial charge is 0.305 e. The van der Waals surface area contributed by atoms with E-state index in [4.69, 9.17) is 5.73 Å². The molecule has 2 aliphatic heterocycles. The molecule has 0 amide bonds. The van der Waals surface area contributed by atoms with E-state index < -0.39 is 9.84 Å². The number of amidine groups is 1. The van der Waals surface area contributed by atoms with Crippen molar-refractivity contribution in [3.05, 3.63) is 35.9 Å². The summed E-state index contributed by atoms with van der Waals surface area (Å²) in [6, 6.07) is 10.1. The molecule has 6 heteroatoms. The maximum absolute atomic E-state index is 11.7. The molecule has 0 aromatic heterocycles. The molecule has 1 aromatic carbocycles. The predicted molar refractivity (Wildman–Crippen MR) is 73.4 cm³/mol. The lowest BCUT2D eigenvalue weighted by Crippen LogP contribution is -2.32. The van der Waals surface area contributed by atoms with Gasteiger partial charge >= 0.3 is 5.17 Å². The zero-order chi connectivity index (χ0) is 12.8. The first-order valence-electron chi connectivity index (χ1n) is 5.85. The molecular formula is C12H15N2O2S2+. The highest BCUT2D eigenvalue weighted by atomic mass is 32.2. The van der Waals surface area contributed by atoms with E-state index in [1.54, 1.807) is 0 Å². The van der Waals surface area contributed by atoms with Gasteiger partial charge in [-0.05, 0) is 17.3 Å². The van der Waals surface area contributed by atoms with Gasteiger partial charge in [-0.15, -0.1) is 0 Å². The summed E-state index contributed by atoms with van der Waals surface area (Å²) < 4.78 is 25.4. The van der Waals surface area contributed by atoms with Crippen LogP contribution in [0.2, 0.25) is 0 Å². The van der Waals surface area contributed by atoms with Crippen molar-refractivity contribution in [3.63, 3.8) is 0 Å². The Hall–Kier alpha value is -1.01. The van der Waals surface area contributed by atoms with Crippen molar-refractivity contribution in [1.82, 2.24) is 0 Å². The lowest BCUT2D eigenvalue weighted by atomic mass is 10.2. The molecule has 18 heavy (non-hydrogen) atoms. The summed E-state index contributed by atoms with van der Waals surface area (Å²) in [5.74, 6) is 0.493. The number of hydrogen-bond donors (Lipinski definition) is 1. The summed E-state index contributed by atoms with van der Waals surface area (Å²) in [6.07, 6.45) is 0. The van der Waals surface area contributed by atoms with E-state index in [1.807, 2.05) is 34.9 Å². The second-order valence-corrected chi connectivity index (χ2v) is 8.17. The first-order valence-corrected chi connectivity index (χ1v) is 8.55. The maximum Gasteiger partial charge on any atom is 0.305 e. The third-order valence-corrected chi connectivity index (χ3v) is 6.61. The summed E-state index contributed by atoms with van der Waals surface area (Å²) >= 11 is 1.51. The topological polar surface area (TPSA) is 63.2 Å². The Kier molecular flexibility index (Phi) is 2.86. The second-order valence-electron chi connectivity index (χ2n) is 4.75. The Bertz CT molecular complexity index is 596. The molecule has 1 fully saturated rings. The van der Waals surface area contributed by atoms with Gasteiger partial charge in [-0.3, -0.25) is 5.73 Å². The highest BCUT2D eigenvalue weighted by Gasteiger charge is 2.48. The fourth-order valence-corrected chi connectivity index (χ4v) is 6.41. The van der Waals surface area contributed by atoms with E-state index in [9.17, 15) is 8.42 Å². The molecule has 4 nitrogen and oxygen atoms in total. The van der Waals surface area contributed by atoms with Gasteiger partial charge in [0.1, 0.15) is 12.6 Å². The van der Waals surface area contributed by atoms with Gasteiger partial charge in [-0.2, -0.15) is 0 Å². The lowest BCUT2D eigenvalue weighted by Gasteiger charge is -2.10. The molecule has 3 rings (SSSR count). The molecule has 2 N–H and O–H groups in total. The molecule has 0 saturated carbocycles. The van der Waals surface area contributed by atoms with E-state index in [1.165, 1.54) is 11.8 Å². The van der Waals surface area contributed by atoms with Gasteiger partial charge in [-0.1, -0.05) is 30.3 Å². The number of nitrogens with zero attached hydrogens (tertiary/aromatic N) is 1. The van der Waals surface area contributed by atoms with Crippen molar-refractivity contribution in [2.24, 2.45) is 5.73 Å². The number of benzene rings is 1. The van der Waals surface area contributed by atoms with Crippen molar-refractivity contribution in [1.29, 1.82) is 0 Å². The standard InChI is InChI=1S/C12H14N2O2S2/c13-12-14(6-9-4-2-1-3-5-9)10-7-18(15,16)8-11(10)17-12/h1-5,10-11,13H,6-8H2/p+1/t10-,11+/m1/s1. The van der Waals surface area contributed by atoms with Crippen molar-refractivity contribution in [3.8, 4) is 0 Å². The molecule has 1 saturated heterocycles. The van der Waals surface area contributed by atoms with E-state index in [0.717, 1.165) is 10.7 Å². The zero-order valence-corrected chi connectivity index (χ0v) is 11.5. The molecule has 0 bridgehead atoms. The number of rotatable bonds is 2. The van der Waals surface area contributed by atoms with Gasteiger partial charge in [0.05, 0.1) is 16.8 Å². The maximum atomic E-state index is 11.7. The van der Waals surface area contributed by atoms with Gasteiger partial charge in [0, 0.05) is 0 Å². The Morgan fingerprint density at radius 2 is 2.00 bits per heavy atom. The molecule has 0 spiro atoms. The van der Waals surface area contributed by atoms with Crippen molar-refractivity contribution >= 4 is 26.8 Å². The minimum absolute atomic E-state index is 0.0419. The summed E-state index contributed by atoms with van der Waals surface area (Å²) in [5.41, 5.74) is 7.17. The number of hydrogen-bond acceptors (Lipinski definition) is 4. The quantitative estimate of drug-likeness (QED) is 0.799. The monoisotopic (exact) mass is 283 g/mol. The Morgan fingerprint density at radius 1 is 1.28 bits per heavy atom. The number of nitrogens with two attached hydrogens (primary N) is 1. The Balaban J connectivity index is 1.86. The van der Waals surface area contributed by atoms with Crippen LogP contribution >= 0.6 is 11.8 Å². The summed E-state index contributed by atoms with van der Waals surface area (Å²) in [6.45, 7) is 0.691. The molecule has 1 aromatic rings. The molecule has 0 radical (unpaired) electrons. The van der Waals surface area contributed by atoms with Crippen LogP contribution in [0, 0.1) is 0 Å². The van der Waals surface area contributed by atoms with Crippen LogP contribution in [0.5, 0.6) is 0 Å². The van der Waals surface area contributed by atoms with Crippen LogP contribution in [0.15, 0.2) is 30.3 Å². The van der Waals surface area contributed by atoms with Crippen LogP contribution < -0.4 is 5.73 Å². The molecule has 96 valence electrons. The van der Waals surface area contributed by atoms with Gasteiger partial charge < -0.3 is 0 Å². The van der Waals surface area contributed by atoms with Gasteiger partial charge in [-0.25, -0.2) is 13.0 Å². The minimum Gasteiger partial charge on any atom is -0.281 e. The van der Waals surface area contributed by atoms with E-state index in [2.05, 4.69) is 0 Å². The Morgan fingerprint density at radius 3 is 2.72 bits per heavy atom. The van der Waals surface area contributed by atoms with E-state index >= 15 is 0 Å². The fourth-order valence-electron chi connectivity index (χ4n) is 2.56. The summed E-state index contributed by atoms with van der Waals surface area (Å²) in [4.78, 5) is 0. The summed E-state index contributed by atoms with van der Waals surface area (Å²) in [5, 5.41) is 0.863. The molecule has 2 aliphatic rings. The number of sulfone groups is 1. The fraction of sp³-hybridized carbons (Fsp3) is 0.417. The molecule has 0 aliphatic carbocycles. The smallest absolute Gasteiger partial charge is 0.281 e.